The van der Waals surface area contributed by atoms with Crippen LogP contribution in [0.3, 0.4) is 0 Å². The molecule has 1 heterocycles. The summed E-state index contributed by atoms with van der Waals surface area (Å²) < 4.78 is 0. The van der Waals surface area contributed by atoms with E-state index in [1.807, 2.05) is 6.07 Å². The van der Waals surface area contributed by atoms with E-state index in [0.717, 1.165) is 11.1 Å². The van der Waals surface area contributed by atoms with Crippen LogP contribution in [-0.4, -0.2) is 25.4 Å². The van der Waals surface area contributed by atoms with Crippen molar-refractivity contribution in [2.75, 3.05) is 0 Å². The lowest BCUT2D eigenvalue weighted by molar-refractivity contribution is 0.475. The molecule has 0 spiro atoms. The van der Waals surface area contributed by atoms with Crippen molar-refractivity contribution >= 4 is 0 Å². The lowest BCUT2D eigenvalue weighted by Gasteiger charge is -1.96. The number of H-pyrrole nitrogens is 1. The van der Waals surface area contributed by atoms with Crippen molar-refractivity contribution in [2.45, 2.75) is 0 Å². The maximum Gasteiger partial charge on any atom is 0.181 e. The smallest absolute Gasteiger partial charge is 0.181 e. The van der Waals surface area contributed by atoms with Crippen LogP contribution in [0.25, 0.3) is 22.8 Å². The average molecular weight is 253 g/mol. The van der Waals surface area contributed by atoms with Crippen LogP contribution in [0.15, 0.2) is 48.5 Å². The largest absolute Gasteiger partial charge is 0.508 e. The van der Waals surface area contributed by atoms with Crippen molar-refractivity contribution in [3.63, 3.8) is 0 Å². The lowest BCUT2D eigenvalue weighted by Crippen LogP contribution is -1.81. The van der Waals surface area contributed by atoms with Crippen LogP contribution in [0.4, 0.5) is 0 Å². The predicted octanol–water partition coefficient (Wildman–Crippen LogP) is 2.55. The summed E-state index contributed by atoms with van der Waals surface area (Å²) in [5.74, 6) is 1.50. The molecular weight excluding hydrogens is 242 g/mol. The predicted molar refractivity (Wildman–Crippen MR) is 70.6 cm³/mol. The van der Waals surface area contributed by atoms with Crippen LogP contribution in [0, 0.1) is 0 Å². The molecule has 0 aliphatic carbocycles. The normalized spacial score (nSPS) is 10.5. The maximum absolute atomic E-state index is 9.44. The summed E-state index contributed by atoms with van der Waals surface area (Å²) in [6.07, 6.45) is 0. The Kier molecular flexibility index (Phi) is 2.64. The second-order valence-electron chi connectivity index (χ2n) is 4.10. The second kappa shape index (κ2) is 4.45. The third-order valence-electron chi connectivity index (χ3n) is 2.73. The minimum atomic E-state index is 0.175. The highest BCUT2D eigenvalue weighted by Crippen LogP contribution is 2.23. The van der Waals surface area contributed by atoms with Gasteiger partial charge in [-0.05, 0) is 36.4 Å². The Morgan fingerprint density at radius 3 is 2.37 bits per heavy atom. The summed E-state index contributed by atoms with van der Waals surface area (Å²) in [6, 6.07) is 13.4. The van der Waals surface area contributed by atoms with Gasteiger partial charge in [0.25, 0.3) is 0 Å². The summed E-state index contributed by atoms with van der Waals surface area (Å²) >= 11 is 0. The fraction of sp³-hybridized carbons (Fsp3) is 0. The molecule has 0 unspecified atom stereocenters. The van der Waals surface area contributed by atoms with Crippen molar-refractivity contribution in [2.24, 2.45) is 0 Å². The molecule has 5 nitrogen and oxygen atoms in total. The standard InChI is InChI=1S/C14H11N3O2/c18-11-6-4-9(5-7-11)13-15-14(17-16-13)10-2-1-3-12(19)8-10/h1-8,18-19H,(H,15,16,17). The SMILES string of the molecule is Oc1ccc(-c2nc(-c3cccc(O)c3)n[nH]2)cc1. The van der Waals surface area contributed by atoms with E-state index in [2.05, 4.69) is 15.2 Å². The van der Waals surface area contributed by atoms with Crippen molar-refractivity contribution in [3.05, 3.63) is 48.5 Å². The highest BCUT2D eigenvalue weighted by atomic mass is 16.3. The van der Waals surface area contributed by atoms with Gasteiger partial charge in [-0.25, -0.2) is 4.98 Å². The van der Waals surface area contributed by atoms with Crippen molar-refractivity contribution < 1.29 is 10.2 Å². The molecule has 0 saturated heterocycles. The first-order chi connectivity index (χ1) is 9.22. The Morgan fingerprint density at radius 1 is 0.842 bits per heavy atom. The minimum absolute atomic E-state index is 0.175. The van der Waals surface area contributed by atoms with E-state index in [1.54, 1.807) is 42.5 Å². The summed E-state index contributed by atoms with van der Waals surface area (Å²) in [4.78, 5) is 4.36. The van der Waals surface area contributed by atoms with E-state index in [9.17, 15) is 10.2 Å². The molecule has 0 saturated carbocycles. The number of aromatic amines is 1. The van der Waals surface area contributed by atoms with Gasteiger partial charge in [0.15, 0.2) is 11.6 Å². The Balaban J connectivity index is 1.97. The van der Waals surface area contributed by atoms with Gasteiger partial charge in [-0.2, -0.15) is 5.10 Å². The molecule has 0 aliphatic heterocycles. The zero-order chi connectivity index (χ0) is 13.2. The molecule has 3 N–H and O–H groups in total. The third-order valence-corrected chi connectivity index (χ3v) is 2.73. The molecule has 2 aromatic carbocycles. The van der Waals surface area contributed by atoms with Crippen LogP contribution in [-0.2, 0) is 0 Å². The molecule has 0 atom stereocenters. The monoisotopic (exact) mass is 253 g/mol. The first-order valence-electron chi connectivity index (χ1n) is 5.73. The fourth-order valence-corrected chi connectivity index (χ4v) is 1.78. The Bertz CT molecular complexity index is 705. The average Bonchev–Trinajstić information content (AvgIpc) is 2.89. The van der Waals surface area contributed by atoms with E-state index in [1.165, 1.54) is 0 Å². The molecule has 3 aromatic rings. The summed E-state index contributed by atoms with van der Waals surface area (Å²) in [5, 5.41) is 25.6. The van der Waals surface area contributed by atoms with Crippen LogP contribution >= 0.6 is 0 Å². The molecule has 19 heavy (non-hydrogen) atoms. The molecular formula is C14H11N3O2. The number of rotatable bonds is 2. The fourth-order valence-electron chi connectivity index (χ4n) is 1.78. The molecule has 94 valence electrons. The molecule has 0 aliphatic rings. The zero-order valence-corrected chi connectivity index (χ0v) is 9.91. The molecule has 3 rings (SSSR count). The van der Waals surface area contributed by atoms with Crippen LogP contribution < -0.4 is 0 Å². The Labute approximate surface area is 109 Å². The molecule has 0 fully saturated rings. The second-order valence-corrected chi connectivity index (χ2v) is 4.10. The summed E-state index contributed by atoms with van der Waals surface area (Å²) in [5.41, 5.74) is 1.57. The molecule has 5 heteroatoms. The van der Waals surface area contributed by atoms with Gasteiger partial charge in [0, 0.05) is 11.1 Å². The molecule has 0 radical (unpaired) electrons. The third kappa shape index (κ3) is 2.26. The molecule has 1 aromatic heterocycles. The van der Waals surface area contributed by atoms with Crippen LogP contribution in [0.2, 0.25) is 0 Å². The summed E-state index contributed by atoms with van der Waals surface area (Å²) in [7, 11) is 0. The van der Waals surface area contributed by atoms with E-state index in [4.69, 9.17) is 0 Å². The van der Waals surface area contributed by atoms with Gasteiger partial charge in [-0.15, -0.1) is 0 Å². The highest BCUT2D eigenvalue weighted by Gasteiger charge is 2.08. The van der Waals surface area contributed by atoms with Gasteiger partial charge in [-0.1, -0.05) is 12.1 Å². The quantitative estimate of drug-likeness (QED) is 0.655. The van der Waals surface area contributed by atoms with Gasteiger partial charge < -0.3 is 10.2 Å². The topological polar surface area (TPSA) is 82.0 Å². The maximum atomic E-state index is 9.44. The van der Waals surface area contributed by atoms with Crippen molar-refractivity contribution in [1.82, 2.24) is 15.2 Å². The number of nitrogens with zero attached hydrogens (tertiary/aromatic N) is 2. The van der Waals surface area contributed by atoms with E-state index >= 15 is 0 Å². The van der Waals surface area contributed by atoms with Crippen LogP contribution in [0.1, 0.15) is 0 Å². The van der Waals surface area contributed by atoms with Crippen LogP contribution in [0.5, 0.6) is 11.5 Å². The van der Waals surface area contributed by atoms with Gasteiger partial charge in [-0.3, -0.25) is 5.10 Å². The minimum Gasteiger partial charge on any atom is -0.508 e. The van der Waals surface area contributed by atoms with Crippen molar-refractivity contribution in [1.29, 1.82) is 0 Å². The molecule has 0 bridgehead atoms. The Hall–Kier alpha value is -2.82. The van der Waals surface area contributed by atoms with E-state index < -0.39 is 0 Å². The number of phenols is 2. The molecule has 0 amide bonds. The number of benzene rings is 2. The van der Waals surface area contributed by atoms with E-state index in [-0.39, 0.29) is 11.5 Å². The first-order valence-corrected chi connectivity index (χ1v) is 5.73. The first kappa shape index (κ1) is 11.3. The number of aromatic nitrogens is 3. The zero-order valence-electron chi connectivity index (χ0n) is 9.91. The van der Waals surface area contributed by atoms with E-state index in [0.29, 0.717) is 11.6 Å². The Morgan fingerprint density at radius 2 is 1.63 bits per heavy atom. The number of hydrogen-bond donors (Lipinski definition) is 3. The van der Waals surface area contributed by atoms with Crippen molar-refractivity contribution in [3.8, 4) is 34.3 Å². The number of aromatic hydroxyl groups is 2. The number of phenolic OH excluding ortho intramolecular Hbond substituents is 2. The van der Waals surface area contributed by atoms with Gasteiger partial charge in [0.05, 0.1) is 0 Å². The highest BCUT2D eigenvalue weighted by molar-refractivity contribution is 5.62. The van der Waals surface area contributed by atoms with Gasteiger partial charge in [0.2, 0.25) is 0 Å². The lowest BCUT2D eigenvalue weighted by atomic mass is 10.2. The number of hydrogen-bond acceptors (Lipinski definition) is 4. The summed E-state index contributed by atoms with van der Waals surface area (Å²) in [6.45, 7) is 0. The van der Waals surface area contributed by atoms with Gasteiger partial charge >= 0.3 is 0 Å². The van der Waals surface area contributed by atoms with Gasteiger partial charge in [0.1, 0.15) is 11.5 Å². The number of nitrogens with one attached hydrogen (secondary N) is 1.